The molecular formula is C32H37NO4. The summed E-state index contributed by atoms with van der Waals surface area (Å²) in [7, 11) is 0. The zero-order valence-corrected chi connectivity index (χ0v) is 21.9. The molecule has 0 unspecified atom stereocenters. The number of ether oxygens (including phenoxy) is 2. The molecule has 1 saturated carbocycles. The van der Waals surface area contributed by atoms with E-state index in [1.165, 1.54) is 6.42 Å². The number of benzene rings is 2. The molecule has 1 N–H and O–H groups in total. The van der Waals surface area contributed by atoms with Crippen molar-refractivity contribution < 1.29 is 19.1 Å². The molecule has 0 bridgehead atoms. The summed E-state index contributed by atoms with van der Waals surface area (Å²) in [6, 6.07) is 18.0. The van der Waals surface area contributed by atoms with Gasteiger partial charge in [-0.05, 0) is 63.0 Å². The second-order valence-electron chi connectivity index (χ2n) is 10.5. The Hall–Kier alpha value is -3.34. The second kappa shape index (κ2) is 11.4. The van der Waals surface area contributed by atoms with Crippen molar-refractivity contribution >= 4 is 11.8 Å². The molecule has 1 aliphatic heterocycles. The fourth-order valence-electron chi connectivity index (χ4n) is 6.04. The molecule has 2 aromatic carbocycles. The highest BCUT2D eigenvalue weighted by Crippen LogP contribution is 2.48. The van der Waals surface area contributed by atoms with Gasteiger partial charge in [-0.15, -0.1) is 0 Å². The standard InChI is InChI=1S/C32H37NO4/c1-3-18-36-28-17-11-10-16-25(28)30-29(32(35)37-24-14-8-5-9-15-24)21(2)33-26-19-23(20-27(34)31(26)30)22-12-6-4-7-13-22/h4,6-7,10-13,16-17,23-24,30,33H,3,5,8-9,14-15,18-20H2,1-2H3/t23-,30+/m0/s1. The molecule has 3 aliphatic rings. The number of hydrogen-bond acceptors (Lipinski definition) is 5. The van der Waals surface area contributed by atoms with Crippen LogP contribution >= 0.6 is 0 Å². The van der Waals surface area contributed by atoms with Gasteiger partial charge in [0.05, 0.1) is 18.1 Å². The zero-order chi connectivity index (χ0) is 25.8. The zero-order valence-electron chi connectivity index (χ0n) is 21.9. The van der Waals surface area contributed by atoms with Crippen molar-refractivity contribution in [3.8, 4) is 5.75 Å². The third-order valence-corrected chi connectivity index (χ3v) is 7.84. The average Bonchev–Trinajstić information content (AvgIpc) is 2.92. The quantitative estimate of drug-likeness (QED) is 0.429. The number of esters is 1. The molecule has 194 valence electrons. The molecule has 5 rings (SSSR count). The Labute approximate surface area is 219 Å². The predicted molar refractivity (Wildman–Crippen MR) is 144 cm³/mol. The summed E-state index contributed by atoms with van der Waals surface area (Å²) in [4.78, 5) is 27.6. The van der Waals surface area contributed by atoms with Gasteiger partial charge in [0.25, 0.3) is 0 Å². The van der Waals surface area contributed by atoms with E-state index in [0.717, 1.165) is 66.8 Å². The van der Waals surface area contributed by atoms with Gasteiger partial charge in [0.15, 0.2) is 5.78 Å². The van der Waals surface area contributed by atoms with Crippen molar-refractivity contribution in [2.24, 2.45) is 0 Å². The van der Waals surface area contributed by atoms with E-state index in [0.29, 0.717) is 24.2 Å². The molecule has 1 heterocycles. The summed E-state index contributed by atoms with van der Waals surface area (Å²) in [6.07, 6.45) is 7.11. The number of nitrogens with one attached hydrogen (secondary N) is 1. The largest absolute Gasteiger partial charge is 0.493 e. The Kier molecular flexibility index (Phi) is 7.78. The normalized spacial score (nSPS) is 22.4. The lowest BCUT2D eigenvalue weighted by Crippen LogP contribution is -2.37. The third kappa shape index (κ3) is 5.36. The second-order valence-corrected chi connectivity index (χ2v) is 10.5. The summed E-state index contributed by atoms with van der Waals surface area (Å²) in [5, 5.41) is 3.48. The molecule has 5 heteroatoms. The molecule has 5 nitrogen and oxygen atoms in total. The first-order valence-electron chi connectivity index (χ1n) is 13.8. The minimum atomic E-state index is -0.510. The third-order valence-electron chi connectivity index (χ3n) is 7.84. The molecule has 2 atom stereocenters. The number of para-hydroxylation sites is 1. The maximum absolute atomic E-state index is 13.9. The number of carbonyl (C=O) groups excluding carboxylic acids is 2. The van der Waals surface area contributed by atoms with Crippen LogP contribution in [0, 0.1) is 0 Å². The highest BCUT2D eigenvalue weighted by Gasteiger charge is 2.42. The molecule has 0 spiro atoms. The number of hydrogen-bond donors (Lipinski definition) is 1. The number of ketones is 1. The van der Waals surface area contributed by atoms with Gasteiger partial charge in [0.2, 0.25) is 0 Å². The Morgan fingerprint density at radius 2 is 1.70 bits per heavy atom. The van der Waals surface area contributed by atoms with E-state index in [4.69, 9.17) is 9.47 Å². The topological polar surface area (TPSA) is 64.6 Å². The lowest BCUT2D eigenvalue weighted by molar-refractivity contribution is -0.146. The van der Waals surface area contributed by atoms with E-state index in [1.54, 1.807) is 0 Å². The Morgan fingerprint density at radius 3 is 2.46 bits per heavy atom. The van der Waals surface area contributed by atoms with Gasteiger partial charge in [-0.3, -0.25) is 4.79 Å². The number of allylic oxidation sites excluding steroid dienone is 3. The van der Waals surface area contributed by atoms with Crippen molar-refractivity contribution in [1.29, 1.82) is 0 Å². The van der Waals surface area contributed by atoms with Gasteiger partial charge in [0, 0.05) is 29.0 Å². The molecule has 1 fully saturated rings. The van der Waals surface area contributed by atoms with Gasteiger partial charge in [-0.25, -0.2) is 4.79 Å². The van der Waals surface area contributed by atoms with Gasteiger partial charge in [-0.1, -0.05) is 61.9 Å². The highest BCUT2D eigenvalue weighted by atomic mass is 16.5. The van der Waals surface area contributed by atoms with Crippen LogP contribution in [0.25, 0.3) is 0 Å². The minimum Gasteiger partial charge on any atom is -0.493 e. The SMILES string of the molecule is CCCOc1ccccc1[C@@H]1C(C(=O)OC2CCCCC2)=C(C)NC2=C1C(=O)C[C@@H](c1ccccc1)C2. The molecule has 0 amide bonds. The van der Waals surface area contributed by atoms with Crippen LogP contribution in [0.1, 0.15) is 88.2 Å². The number of rotatable bonds is 7. The Balaban J connectivity index is 1.56. The maximum Gasteiger partial charge on any atom is 0.337 e. The van der Waals surface area contributed by atoms with E-state index in [2.05, 4.69) is 24.4 Å². The summed E-state index contributed by atoms with van der Waals surface area (Å²) < 4.78 is 12.2. The number of Topliss-reactive ketones (excluding diaryl/α,β-unsaturated/α-hetero) is 1. The van der Waals surface area contributed by atoms with E-state index < -0.39 is 5.92 Å². The van der Waals surface area contributed by atoms with E-state index >= 15 is 0 Å². The smallest absolute Gasteiger partial charge is 0.337 e. The Bertz CT molecular complexity index is 1210. The number of carbonyl (C=O) groups is 2. The Morgan fingerprint density at radius 1 is 0.973 bits per heavy atom. The lowest BCUT2D eigenvalue weighted by atomic mass is 9.71. The predicted octanol–water partition coefficient (Wildman–Crippen LogP) is 6.71. The van der Waals surface area contributed by atoms with Crippen LogP contribution in [0.3, 0.4) is 0 Å². The molecular weight excluding hydrogens is 462 g/mol. The summed E-state index contributed by atoms with van der Waals surface area (Å²) >= 11 is 0. The summed E-state index contributed by atoms with van der Waals surface area (Å²) in [5.41, 5.74) is 4.90. The monoisotopic (exact) mass is 499 g/mol. The van der Waals surface area contributed by atoms with E-state index in [1.807, 2.05) is 49.4 Å². The van der Waals surface area contributed by atoms with Gasteiger partial charge < -0.3 is 14.8 Å². The van der Waals surface area contributed by atoms with Crippen LogP contribution in [-0.4, -0.2) is 24.5 Å². The van der Waals surface area contributed by atoms with Crippen LogP contribution in [-0.2, 0) is 14.3 Å². The average molecular weight is 500 g/mol. The van der Waals surface area contributed by atoms with E-state index in [-0.39, 0.29) is 23.8 Å². The van der Waals surface area contributed by atoms with Gasteiger partial charge in [-0.2, -0.15) is 0 Å². The van der Waals surface area contributed by atoms with Crippen molar-refractivity contribution in [2.75, 3.05) is 6.61 Å². The first-order chi connectivity index (χ1) is 18.1. The summed E-state index contributed by atoms with van der Waals surface area (Å²) in [6.45, 7) is 4.57. The van der Waals surface area contributed by atoms with Crippen LogP contribution in [0.2, 0.25) is 0 Å². The van der Waals surface area contributed by atoms with Crippen LogP contribution < -0.4 is 10.1 Å². The van der Waals surface area contributed by atoms with E-state index in [9.17, 15) is 9.59 Å². The summed E-state index contributed by atoms with van der Waals surface area (Å²) in [5.74, 6) is 0.0716. The molecule has 0 aromatic heterocycles. The van der Waals surface area contributed by atoms with Crippen LogP contribution in [0.5, 0.6) is 5.75 Å². The van der Waals surface area contributed by atoms with Crippen molar-refractivity contribution in [1.82, 2.24) is 5.32 Å². The van der Waals surface area contributed by atoms with Crippen LogP contribution in [0.4, 0.5) is 0 Å². The van der Waals surface area contributed by atoms with Gasteiger partial charge in [0.1, 0.15) is 11.9 Å². The van der Waals surface area contributed by atoms with Crippen molar-refractivity contribution in [3.63, 3.8) is 0 Å². The molecule has 0 saturated heterocycles. The molecule has 0 radical (unpaired) electrons. The first-order valence-corrected chi connectivity index (χ1v) is 13.8. The molecule has 2 aliphatic carbocycles. The minimum absolute atomic E-state index is 0.0614. The fourth-order valence-corrected chi connectivity index (χ4v) is 6.04. The number of dihydropyridines is 1. The first kappa shape index (κ1) is 25.3. The fraction of sp³-hybridized carbons (Fsp3) is 0.438. The molecule has 2 aromatic rings. The maximum atomic E-state index is 13.9. The van der Waals surface area contributed by atoms with Crippen molar-refractivity contribution in [3.05, 3.63) is 88.3 Å². The van der Waals surface area contributed by atoms with Crippen LogP contribution in [0.15, 0.2) is 77.1 Å². The van der Waals surface area contributed by atoms with Gasteiger partial charge >= 0.3 is 5.97 Å². The lowest BCUT2D eigenvalue weighted by Gasteiger charge is -2.37. The van der Waals surface area contributed by atoms with Crippen molar-refractivity contribution in [2.45, 2.75) is 83.2 Å². The molecule has 37 heavy (non-hydrogen) atoms. The highest BCUT2D eigenvalue weighted by molar-refractivity contribution is 6.04.